The van der Waals surface area contributed by atoms with Gasteiger partial charge in [-0.2, -0.15) is 0 Å². The highest BCUT2D eigenvalue weighted by Crippen LogP contribution is 2.31. The standard InChI is InChI=1S/C15H17ClN2O2/c1-19-14-4-2-3-13-12(14)5-6-17-15(13)18-7-8-20-11(9-16)10-18/h2-6,11H,7-10H2,1H3. The van der Waals surface area contributed by atoms with Gasteiger partial charge in [0.1, 0.15) is 11.6 Å². The number of methoxy groups -OCH3 is 1. The summed E-state index contributed by atoms with van der Waals surface area (Å²) in [7, 11) is 1.69. The van der Waals surface area contributed by atoms with Crippen molar-refractivity contribution in [2.45, 2.75) is 6.10 Å². The predicted molar refractivity (Wildman–Crippen MR) is 81.0 cm³/mol. The lowest BCUT2D eigenvalue weighted by Gasteiger charge is -2.33. The number of benzene rings is 1. The molecule has 0 amide bonds. The lowest BCUT2D eigenvalue weighted by Crippen LogP contribution is -2.43. The van der Waals surface area contributed by atoms with Gasteiger partial charge in [0.15, 0.2) is 0 Å². The summed E-state index contributed by atoms with van der Waals surface area (Å²) in [5.74, 6) is 2.35. The minimum atomic E-state index is 0.0630. The molecule has 0 saturated carbocycles. The van der Waals surface area contributed by atoms with Crippen LogP contribution >= 0.6 is 11.6 Å². The van der Waals surface area contributed by atoms with E-state index in [0.29, 0.717) is 12.5 Å². The van der Waals surface area contributed by atoms with Gasteiger partial charge in [0.25, 0.3) is 0 Å². The van der Waals surface area contributed by atoms with Gasteiger partial charge in [-0.15, -0.1) is 11.6 Å². The molecule has 1 aromatic carbocycles. The van der Waals surface area contributed by atoms with Crippen LogP contribution in [0.3, 0.4) is 0 Å². The van der Waals surface area contributed by atoms with E-state index in [-0.39, 0.29) is 6.10 Å². The summed E-state index contributed by atoms with van der Waals surface area (Å²) >= 11 is 5.91. The molecule has 0 aliphatic carbocycles. The predicted octanol–water partition coefficient (Wildman–Crippen LogP) is 2.69. The van der Waals surface area contributed by atoms with E-state index in [4.69, 9.17) is 21.1 Å². The summed E-state index contributed by atoms with van der Waals surface area (Å²) in [5, 5.41) is 2.18. The molecule has 1 atom stereocenters. The molecule has 5 heteroatoms. The van der Waals surface area contributed by atoms with Crippen LogP contribution in [0.2, 0.25) is 0 Å². The number of hydrogen-bond donors (Lipinski definition) is 0. The highest BCUT2D eigenvalue weighted by atomic mass is 35.5. The van der Waals surface area contributed by atoms with Crippen LogP contribution in [-0.2, 0) is 4.74 Å². The molecule has 2 heterocycles. The summed E-state index contributed by atoms with van der Waals surface area (Å²) in [6.45, 7) is 2.28. The molecule has 2 aromatic rings. The maximum atomic E-state index is 5.91. The molecule has 0 spiro atoms. The van der Waals surface area contributed by atoms with Crippen molar-refractivity contribution in [3.63, 3.8) is 0 Å². The maximum absolute atomic E-state index is 5.91. The Balaban J connectivity index is 2.03. The van der Waals surface area contributed by atoms with Crippen LogP contribution in [0, 0.1) is 0 Å². The molecule has 3 rings (SSSR count). The molecule has 4 nitrogen and oxygen atoms in total. The van der Waals surface area contributed by atoms with Crippen LogP contribution in [-0.4, -0.2) is 43.8 Å². The van der Waals surface area contributed by atoms with E-state index in [2.05, 4.69) is 16.0 Å². The minimum absolute atomic E-state index is 0.0630. The molecule has 1 aromatic heterocycles. The van der Waals surface area contributed by atoms with E-state index in [9.17, 15) is 0 Å². The number of aromatic nitrogens is 1. The van der Waals surface area contributed by atoms with Crippen molar-refractivity contribution in [2.24, 2.45) is 0 Å². The van der Waals surface area contributed by atoms with Gasteiger partial charge in [-0.3, -0.25) is 0 Å². The van der Waals surface area contributed by atoms with Crippen molar-refractivity contribution >= 4 is 28.2 Å². The first-order chi connectivity index (χ1) is 9.83. The second kappa shape index (κ2) is 5.85. The van der Waals surface area contributed by atoms with Gasteiger partial charge < -0.3 is 14.4 Å². The average molecular weight is 293 g/mol. The fourth-order valence-electron chi connectivity index (χ4n) is 2.60. The number of rotatable bonds is 3. The Morgan fingerprint density at radius 3 is 3.10 bits per heavy atom. The van der Waals surface area contributed by atoms with Crippen molar-refractivity contribution in [2.75, 3.05) is 37.6 Å². The quantitative estimate of drug-likeness (QED) is 0.815. The lowest BCUT2D eigenvalue weighted by atomic mass is 10.1. The molecule has 20 heavy (non-hydrogen) atoms. The third-order valence-corrected chi connectivity index (χ3v) is 3.92. The van der Waals surface area contributed by atoms with E-state index in [1.807, 2.05) is 24.4 Å². The zero-order valence-electron chi connectivity index (χ0n) is 11.4. The van der Waals surface area contributed by atoms with Crippen molar-refractivity contribution in [3.8, 4) is 5.75 Å². The number of ether oxygens (including phenoxy) is 2. The molecule has 1 unspecified atom stereocenters. The van der Waals surface area contributed by atoms with Crippen LogP contribution in [0.15, 0.2) is 30.5 Å². The second-order valence-corrected chi connectivity index (χ2v) is 5.09. The fraction of sp³-hybridized carbons (Fsp3) is 0.400. The third-order valence-electron chi connectivity index (χ3n) is 3.58. The Kier molecular flexibility index (Phi) is 3.94. The molecule has 1 aliphatic rings. The normalized spacial score (nSPS) is 19.3. The number of anilines is 1. The van der Waals surface area contributed by atoms with Crippen molar-refractivity contribution in [1.82, 2.24) is 4.98 Å². The van der Waals surface area contributed by atoms with E-state index < -0.39 is 0 Å². The van der Waals surface area contributed by atoms with E-state index >= 15 is 0 Å². The number of fused-ring (bicyclic) bond motifs is 1. The molecule has 1 aliphatic heterocycles. The van der Waals surface area contributed by atoms with Crippen molar-refractivity contribution in [1.29, 1.82) is 0 Å². The van der Waals surface area contributed by atoms with Crippen molar-refractivity contribution < 1.29 is 9.47 Å². The molecule has 0 bridgehead atoms. The molecular formula is C15H17ClN2O2. The largest absolute Gasteiger partial charge is 0.496 e. The van der Waals surface area contributed by atoms with Gasteiger partial charge in [-0.1, -0.05) is 12.1 Å². The van der Waals surface area contributed by atoms with Crippen molar-refractivity contribution in [3.05, 3.63) is 30.5 Å². The number of morpholine rings is 1. The Morgan fingerprint density at radius 1 is 1.40 bits per heavy atom. The first kappa shape index (κ1) is 13.5. The first-order valence-electron chi connectivity index (χ1n) is 6.67. The van der Waals surface area contributed by atoms with Crippen LogP contribution < -0.4 is 9.64 Å². The second-order valence-electron chi connectivity index (χ2n) is 4.78. The number of nitrogens with zero attached hydrogens (tertiary/aromatic N) is 2. The van der Waals surface area contributed by atoms with Gasteiger partial charge >= 0.3 is 0 Å². The van der Waals surface area contributed by atoms with Gasteiger partial charge in [-0.05, 0) is 12.1 Å². The Labute approximate surface area is 123 Å². The van der Waals surface area contributed by atoms with Crippen LogP contribution in [0.25, 0.3) is 10.8 Å². The Bertz CT molecular complexity index is 605. The molecule has 106 valence electrons. The topological polar surface area (TPSA) is 34.6 Å². The van der Waals surface area contributed by atoms with Gasteiger partial charge in [0.05, 0.1) is 25.7 Å². The molecule has 1 saturated heterocycles. The summed E-state index contributed by atoms with van der Waals surface area (Å²) < 4.78 is 11.0. The third kappa shape index (κ3) is 2.41. The minimum Gasteiger partial charge on any atom is -0.496 e. The fourth-order valence-corrected chi connectivity index (χ4v) is 2.78. The maximum Gasteiger partial charge on any atom is 0.136 e. The van der Waals surface area contributed by atoms with E-state index in [0.717, 1.165) is 35.4 Å². The monoisotopic (exact) mass is 292 g/mol. The number of halogens is 1. The Hall–Kier alpha value is -1.52. The molecule has 0 radical (unpaired) electrons. The average Bonchev–Trinajstić information content (AvgIpc) is 2.53. The summed E-state index contributed by atoms with van der Waals surface area (Å²) in [6.07, 6.45) is 1.89. The number of alkyl halides is 1. The Morgan fingerprint density at radius 2 is 2.30 bits per heavy atom. The smallest absolute Gasteiger partial charge is 0.136 e. The summed E-state index contributed by atoms with van der Waals surface area (Å²) in [5.41, 5.74) is 0. The number of pyridine rings is 1. The number of hydrogen-bond acceptors (Lipinski definition) is 4. The van der Waals surface area contributed by atoms with E-state index in [1.165, 1.54) is 0 Å². The molecular weight excluding hydrogens is 276 g/mol. The van der Waals surface area contributed by atoms with Gasteiger partial charge in [0.2, 0.25) is 0 Å². The molecule has 1 fully saturated rings. The van der Waals surface area contributed by atoms with E-state index in [1.54, 1.807) is 7.11 Å². The highest BCUT2D eigenvalue weighted by molar-refractivity contribution is 6.18. The molecule has 0 N–H and O–H groups in total. The first-order valence-corrected chi connectivity index (χ1v) is 7.21. The van der Waals surface area contributed by atoms with Crippen LogP contribution in [0.5, 0.6) is 5.75 Å². The lowest BCUT2D eigenvalue weighted by molar-refractivity contribution is 0.0553. The zero-order chi connectivity index (χ0) is 13.9. The summed E-state index contributed by atoms with van der Waals surface area (Å²) in [4.78, 5) is 6.78. The van der Waals surface area contributed by atoms with Gasteiger partial charge in [0, 0.05) is 30.1 Å². The zero-order valence-corrected chi connectivity index (χ0v) is 12.1. The highest BCUT2D eigenvalue weighted by Gasteiger charge is 2.22. The summed E-state index contributed by atoms with van der Waals surface area (Å²) in [6, 6.07) is 8.02. The van der Waals surface area contributed by atoms with Gasteiger partial charge in [-0.25, -0.2) is 4.98 Å². The SMILES string of the molecule is COc1cccc2c(N3CCOC(CCl)C3)nccc12. The van der Waals surface area contributed by atoms with Crippen LogP contribution in [0.4, 0.5) is 5.82 Å². The van der Waals surface area contributed by atoms with Crippen LogP contribution in [0.1, 0.15) is 0 Å².